The van der Waals surface area contributed by atoms with Gasteiger partial charge in [-0.25, -0.2) is 9.97 Å². The Balaban J connectivity index is 1.70. The van der Waals surface area contributed by atoms with Crippen LogP contribution >= 0.6 is 11.8 Å². The maximum atomic E-state index is 14.1. The number of benzene rings is 2. The topological polar surface area (TPSA) is 91.3 Å². The van der Waals surface area contributed by atoms with Gasteiger partial charge in [0.05, 0.1) is 5.75 Å². The highest BCUT2D eigenvalue weighted by Crippen LogP contribution is 2.29. The molecule has 2 heterocycles. The molecule has 0 aliphatic rings. The Morgan fingerprint density at radius 3 is 2.12 bits per heavy atom. The minimum Gasteiger partial charge on any atom is -0.378 e. The third kappa shape index (κ3) is 8.16. The number of amides is 2. The summed E-state index contributed by atoms with van der Waals surface area (Å²) < 4.78 is 0. The van der Waals surface area contributed by atoms with E-state index in [9.17, 15) is 9.59 Å². The Labute approximate surface area is 252 Å². The molecule has 2 amide bonds. The number of nitrogens with one attached hydrogen (secondary N) is 1. The van der Waals surface area contributed by atoms with Gasteiger partial charge in [0, 0.05) is 55.8 Å². The molecule has 0 saturated heterocycles. The summed E-state index contributed by atoms with van der Waals surface area (Å²) in [5.74, 6) is -0.0875. The fourth-order valence-corrected chi connectivity index (χ4v) is 5.40. The number of carbonyl (C=O) groups is 2. The van der Waals surface area contributed by atoms with Crippen LogP contribution in [-0.2, 0) is 16.1 Å². The van der Waals surface area contributed by atoms with E-state index in [2.05, 4.69) is 34.1 Å². The van der Waals surface area contributed by atoms with Crippen molar-refractivity contribution < 1.29 is 9.59 Å². The summed E-state index contributed by atoms with van der Waals surface area (Å²) in [6.45, 7) is 8.27. The van der Waals surface area contributed by atoms with Crippen molar-refractivity contribution in [3.05, 3.63) is 107 Å². The number of nitrogens with zero attached hydrogens (tertiary/aromatic N) is 5. The van der Waals surface area contributed by atoms with Gasteiger partial charge in [0.25, 0.3) is 5.91 Å². The van der Waals surface area contributed by atoms with Crippen molar-refractivity contribution in [2.45, 2.75) is 51.4 Å². The molecule has 1 N–H and O–H groups in total. The Hall–Kier alpha value is -4.24. The fraction of sp³-hybridized carbons (Fsp3) is 0.303. The number of thioether (sulfide) groups is 1. The van der Waals surface area contributed by atoms with E-state index in [4.69, 9.17) is 0 Å². The average Bonchev–Trinajstić information content (AvgIpc) is 2.96. The van der Waals surface area contributed by atoms with Crippen LogP contribution in [-0.4, -0.2) is 51.5 Å². The first-order chi connectivity index (χ1) is 20.1. The lowest BCUT2D eigenvalue weighted by Crippen LogP contribution is -2.41. The second-order valence-electron chi connectivity index (χ2n) is 10.8. The van der Waals surface area contributed by atoms with Crippen molar-refractivity contribution in [2.75, 3.05) is 30.1 Å². The van der Waals surface area contributed by atoms with Gasteiger partial charge in [0.15, 0.2) is 5.16 Å². The highest BCUT2D eigenvalue weighted by molar-refractivity contribution is 7.99. The van der Waals surface area contributed by atoms with E-state index in [1.54, 1.807) is 17.3 Å². The minimum atomic E-state index is -0.881. The van der Waals surface area contributed by atoms with E-state index < -0.39 is 6.04 Å². The molecule has 0 spiro atoms. The van der Waals surface area contributed by atoms with Crippen molar-refractivity contribution in [2.24, 2.45) is 0 Å². The Kier molecular flexibility index (Phi) is 10.3. The standard InChI is InChI=1S/C33H38N6O2S/c1-22(2)26-9-11-27(12-10-26)31(32(41)37-28-13-15-29(16-14-28)38(5)6)39(20-25-8-7-17-34-19-25)30(40)21-42-33-35-23(3)18-24(4)36-33/h7-19,22,31H,20-21H2,1-6H3,(H,37,41). The van der Waals surface area contributed by atoms with Gasteiger partial charge in [0.1, 0.15) is 6.04 Å². The summed E-state index contributed by atoms with van der Waals surface area (Å²) in [6, 6.07) is 20.3. The monoisotopic (exact) mass is 582 g/mol. The van der Waals surface area contributed by atoms with Crippen LogP contribution in [0.2, 0.25) is 0 Å². The van der Waals surface area contributed by atoms with Crippen LogP contribution < -0.4 is 10.2 Å². The number of anilines is 2. The molecule has 2 aromatic carbocycles. The largest absolute Gasteiger partial charge is 0.378 e. The zero-order valence-electron chi connectivity index (χ0n) is 25.0. The molecule has 0 aliphatic heterocycles. The minimum absolute atomic E-state index is 0.0779. The van der Waals surface area contributed by atoms with Gasteiger partial charge in [-0.05, 0) is 72.9 Å². The van der Waals surface area contributed by atoms with Crippen molar-refractivity contribution >= 4 is 35.0 Å². The highest BCUT2D eigenvalue weighted by atomic mass is 32.2. The number of hydrogen-bond donors (Lipinski definition) is 1. The number of hydrogen-bond acceptors (Lipinski definition) is 7. The van der Waals surface area contributed by atoms with E-state index in [0.29, 0.717) is 16.8 Å². The van der Waals surface area contributed by atoms with Crippen molar-refractivity contribution in [1.82, 2.24) is 19.9 Å². The van der Waals surface area contributed by atoms with Crippen LogP contribution in [0.5, 0.6) is 0 Å². The third-order valence-electron chi connectivity index (χ3n) is 6.81. The number of rotatable bonds is 11. The Bertz CT molecular complexity index is 1470. The molecular formula is C33H38N6O2S. The molecule has 42 heavy (non-hydrogen) atoms. The quantitative estimate of drug-likeness (QED) is 0.167. The molecule has 0 fully saturated rings. The van der Waals surface area contributed by atoms with Crippen molar-refractivity contribution in [3.63, 3.8) is 0 Å². The van der Waals surface area contributed by atoms with E-state index in [1.165, 1.54) is 11.8 Å². The van der Waals surface area contributed by atoms with E-state index in [0.717, 1.165) is 33.8 Å². The van der Waals surface area contributed by atoms with Crippen LogP contribution in [0, 0.1) is 13.8 Å². The van der Waals surface area contributed by atoms with E-state index in [-0.39, 0.29) is 24.1 Å². The van der Waals surface area contributed by atoms with Crippen molar-refractivity contribution in [3.8, 4) is 0 Å². The summed E-state index contributed by atoms with van der Waals surface area (Å²) in [4.78, 5) is 44.9. The zero-order chi connectivity index (χ0) is 30.2. The summed E-state index contributed by atoms with van der Waals surface area (Å²) in [6.07, 6.45) is 3.41. The number of carbonyl (C=O) groups excluding carboxylic acids is 2. The smallest absolute Gasteiger partial charge is 0.251 e. The molecule has 9 heteroatoms. The molecule has 0 bridgehead atoms. The molecule has 4 aromatic rings. The maximum Gasteiger partial charge on any atom is 0.251 e. The first-order valence-electron chi connectivity index (χ1n) is 13.9. The Morgan fingerprint density at radius 2 is 1.55 bits per heavy atom. The number of aryl methyl sites for hydroxylation is 2. The predicted molar refractivity (Wildman–Crippen MR) is 170 cm³/mol. The molecule has 2 aromatic heterocycles. The molecule has 0 saturated carbocycles. The van der Waals surface area contributed by atoms with Gasteiger partial charge in [-0.2, -0.15) is 0 Å². The fourth-order valence-electron chi connectivity index (χ4n) is 4.57. The van der Waals surface area contributed by atoms with Gasteiger partial charge in [-0.3, -0.25) is 14.6 Å². The number of pyridine rings is 1. The molecule has 1 unspecified atom stereocenters. The molecule has 4 rings (SSSR count). The molecule has 1 atom stereocenters. The first kappa shape index (κ1) is 30.7. The average molecular weight is 583 g/mol. The van der Waals surface area contributed by atoms with Crippen LogP contribution in [0.15, 0.2) is 84.3 Å². The summed E-state index contributed by atoms with van der Waals surface area (Å²) >= 11 is 1.27. The van der Waals surface area contributed by atoms with Crippen LogP contribution in [0.1, 0.15) is 53.9 Å². The summed E-state index contributed by atoms with van der Waals surface area (Å²) in [7, 11) is 3.93. The van der Waals surface area contributed by atoms with Gasteiger partial charge < -0.3 is 15.1 Å². The lowest BCUT2D eigenvalue weighted by Gasteiger charge is -2.31. The highest BCUT2D eigenvalue weighted by Gasteiger charge is 2.32. The lowest BCUT2D eigenvalue weighted by atomic mass is 9.97. The van der Waals surface area contributed by atoms with Crippen LogP contribution in [0.25, 0.3) is 0 Å². The van der Waals surface area contributed by atoms with Gasteiger partial charge in [-0.1, -0.05) is 55.9 Å². The summed E-state index contributed by atoms with van der Waals surface area (Å²) in [5.41, 5.74) is 6.07. The van der Waals surface area contributed by atoms with Gasteiger partial charge in [-0.15, -0.1) is 0 Å². The van der Waals surface area contributed by atoms with Crippen LogP contribution in [0.4, 0.5) is 11.4 Å². The lowest BCUT2D eigenvalue weighted by molar-refractivity contribution is -0.137. The zero-order valence-corrected chi connectivity index (χ0v) is 25.9. The predicted octanol–water partition coefficient (Wildman–Crippen LogP) is 6.18. The third-order valence-corrected chi connectivity index (χ3v) is 7.64. The van der Waals surface area contributed by atoms with Gasteiger partial charge in [0.2, 0.25) is 5.91 Å². The Morgan fingerprint density at radius 1 is 0.905 bits per heavy atom. The molecular weight excluding hydrogens is 544 g/mol. The molecule has 0 aliphatic carbocycles. The molecule has 218 valence electrons. The number of aromatic nitrogens is 3. The van der Waals surface area contributed by atoms with Gasteiger partial charge >= 0.3 is 0 Å². The normalized spacial score (nSPS) is 11.7. The van der Waals surface area contributed by atoms with E-state index in [1.807, 2.05) is 99.6 Å². The second-order valence-corrected chi connectivity index (χ2v) is 11.7. The second kappa shape index (κ2) is 14.1. The van der Waals surface area contributed by atoms with E-state index >= 15 is 0 Å². The first-order valence-corrected chi connectivity index (χ1v) is 14.9. The van der Waals surface area contributed by atoms with Crippen molar-refractivity contribution in [1.29, 1.82) is 0 Å². The maximum absolute atomic E-state index is 14.1. The SMILES string of the molecule is Cc1cc(C)nc(SCC(=O)N(Cc2cccnc2)C(C(=O)Nc2ccc(N(C)C)cc2)c2ccc(C(C)C)cc2)n1. The molecule has 8 nitrogen and oxygen atoms in total. The molecule has 0 radical (unpaired) electrons. The van der Waals surface area contributed by atoms with Crippen LogP contribution in [0.3, 0.4) is 0 Å². The summed E-state index contributed by atoms with van der Waals surface area (Å²) in [5, 5.41) is 3.59.